The van der Waals surface area contributed by atoms with Gasteiger partial charge in [-0.15, -0.1) is 0 Å². The van der Waals surface area contributed by atoms with Gasteiger partial charge in [0, 0.05) is 23.5 Å². The SMILES string of the molecule is CCc1ccc(NC=CC(=O)c2ccc3c(c2)OCO3)cc1. The molecular weight excluding hydrogens is 278 g/mol. The maximum Gasteiger partial charge on any atom is 0.231 e. The first-order valence-electron chi connectivity index (χ1n) is 7.22. The van der Waals surface area contributed by atoms with Gasteiger partial charge >= 0.3 is 0 Å². The van der Waals surface area contributed by atoms with Crippen LogP contribution in [0.25, 0.3) is 0 Å². The largest absolute Gasteiger partial charge is 0.454 e. The molecule has 0 aliphatic carbocycles. The zero-order valence-corrected chi connectivity index (χ0v) is 12.3. The van der Waals surface area contributed by atoms with Crippen LogP contribution in [-0.4, -0.2) is 12.6 Å². The van der Waals surface area contributed by atoms with Gasteiger partial charge in [-0.1, -0.05) is 19.1 Å². The molecule has 22 heavy (non-hydrogen) atoms. The molecule has 1 heterocycles. The second kappa shape index (κ2) is 6.35. The average Bonchev–Trinajstić information content (AvgIpc) is 3.03. The molecule has 4 heteroatoms. The molecule has 0 amide bonds. The van der Waals surface area contributed by atoms with Crippen LogP contribution in [0.1, 0.15) is 22.8 Å². The normalized spacial score (nSPS) is 12.6. The molecule has 0 bridgehead atoms. The maximum absolute atomic E-state index is 12.1. The van der Waals surface area contributed by atoms with Crippen LogP contribution in [0.2, 0.25) is 0 Å². The Bertz CT molecular complexity index is 705. The predicted octanol–water partition coefficient (Wildman–Crippen LogP) is 3.79. The van der Waals surface area contributed by atoms with E-state index in [0.717, 1.165) is 12.1 Å². The third kappa shape index (κ3) is 3.11. The first kappa shape index (κ1) is 14.2. The summed E-state index contributed by atoms with van der Waals surface area (Å²) in [7, 11) is 0. The fraction of sp³-hybridized carbons (Fsp3) is 0.167. The molecular formula is C18H17NO3. The molecule has 0 saturated carbocycles. The van der Waals surface area contributed by atoms with E-state index in [1.807, 2.05) is 12.1 Å². The van der Waals surface area contributed by atoms with Crippen molar-refractivity contribution in [3.05, 3.63) is 65.9 Å². The predicted molar refractivity (Wildman–Crippen MR) is 85.5 cm³/mol. The Morgan fingerprint density at radius 2 is 1.91 bits per heavy atom. The lowest BCUT2D eigenvalue weighted by Crippen LogP contribution is -1.96. The summed E-state index contributed by atoms with van der Waals surface area (Å²) < 4.78 is 10.5. The highest BCUT2D eigenvalue weighted by atomic mass is 16.7. The van der Waals surface area contributed by atoms with Gasteiger partial charge in [-0.3, -0.25) is 4.79 Å². The molecule has 0 unspecified atom stereocenters. The number of hydrogen-bond donors (Lipinski definition) is 1. The lowest BCUT2D eigenvalue weighted by molar-refractivity contribution is 0.104. The number of ether oxygens (including phenoxy) is 2. The number of anilines is 1. The van der Waals surface area contributed by atoms with Crippen molar-refractivity contribution < 1.29 is 14.3 Å². The van der Waals surface area contributed by atoms with Crippen LogP contribution in [0.4, 0.5) is 5.69 Å². The molecule has 0 fully saturated rings. The van der Waals surface area contributed by atoms with Crippen molar-refractivity contribution in [2.45, 2.75) is 13.3 Å². The average molecular weight is 295 g/mol. The van der Waals surface area contributed by atoms with Gasteiger partial charge in [0.15, 0.2) is 17.3 Å². The Kier molecular flexibility index (Phi) is 4.10. The van der Waals surface area contributed by atoms with E-state index in [4.69, 9.17) is 9.47 Å². The van der Waals surface area contributed by atoms with Crippen LogP contribution in [0.15, 0.2) is 54.7 Å². The van der Waals surface area contributed by atoms with E-state index in [-0.39, 0.29) is 12.6 Å². The van der Waals surface area contributed by atoms with E-state index in [0.29, 0.717) is 17.1 Å². The topological polar surface area (TPSA) is 47.6 Å². The second-order valence-corrected chi connectivity index (χ2v) is 4.96. The molecule has 112 valence electrons. The Hall–Kier alpha value is -2.75. The Morgan fingerprint density at radius 1 is 1.14 bits per heavy atom. The fourth-order valence-electron chi connectivity index (χ4n) is 2.20. The van der Waals surface area contributed by atoms with Gasteiger partial charge in [0.25, 0.3) is 0 Å². The van der Waals surface area contributed by atoms with Gasteiger partial charge in [0.2, 0.25) is 6.79 Å². The Morgan fingerprint density at radius 3 is 2.68 bits per heavy atom. The monoisotopic (exact) mass is 295 g/mol. The van der Waals surface area contributed by atoms with Crippen LogP contribution in [-0.2, 0) is 6.42 Å². The minimum Gasteiger partial charge on any atom is -0.454 e. The molecule has 2 aromatic carbocycles. The van der Waals surface area contributed by atoms with Crippen LogP contribution in [0, 0.1) is 0 Å². The number of allylic oxidation sites excluding steroid dienone is 1. The molecule has 0 aromatic heterocycles. The molecule has 0 radical (unpaired) electrons. The highest BCUT2D eigenvalue weighted by molar-refractivity contribution is 6.05. The van der Waals surface area contributed by atoms with Gasteiger partial charge in [-0.05, 0) is 42.3 Å². The quantitative estimate of drug-likeness (QED) is 0.673. The van der Waals surface area contributed by atoms with Gasteiger partial charge in [-0.2, -0.15) is 0 Å². The third-order valence-corrected chi connectivity index (χ3v) is 3.50. The Labute approximate surface area is 129 Å². The lowest BCUT2D eigenvalue weighted by atomic mass is 10.1. The number of ketones is 1. The summed E-state index contributed by atoms with van der Waals surface area (Å²) in [6.07, 6.45) is 4.16. The van der Waals surface area contributed by atoms with E-state index in [1.54, 1.807) is 24.4 Å². The molecule has 3 rings (SSSR count). The summed E-state index contributed by atoms with van der Waals surface area (Å²) in [5, 5.41) is 3.09. The van der Waals surface area contributed by atoms with Crippen LogP contribution in [0.3, 0.4) is 0 Å². The summed E-state index contributed by atoms with van der Waals surface area (Å²) in [5.74, 6) is 1.20. The highest BCUT2D eigenvalue weighted by Gasteiger charge is 2.14. The number of fused-ring (bicyclic) bond motifs is 1. The van der Waals surface area contributed by atoms with Gasteiger partial charge < -0.3 is 14.8 Å². The van der Waals surface area contributed by atoms with E-state index in [2.05, 4.69) is 24.4 Å². The summed E-state index contributed by atoms with van der Waals surface area (Å²) in [4.78, 5) is 12.1. The van der Waals surface area contributed by atoms with Gasteiger partial charge in [0.1, 0.15) is 0 Å². The minimum absolute atomic E-state index is 0.0871. The summed E-state index contributed by atoms with van der Waals surface area (Å²) in [6, 6.07) is 13.3. The van der Waals surface area contributed by atoms with Gasteiger partial charge in [0.05, 0.1) is 0 Å². The molecule has 4 nitrogen and oxygen atoms in total. The van der Waals surface area contributed by atoms with Crippen LogP contribution >= 0.6 is 0 Å². The number of carbonyl (C=O) groups excluding carboxylic acids is 1. The first-order chi connectivity index (χ1) is 10.8. The van der Waals surface area contributed by atoms with E-state index < -0.39 is 0 Å². The molecule has 0 atom stereocenters. The fourth-order valence-corrected chi connectivity index (χ4v) is 2.20. The maximum atomic E-state index is 12.1. The standard InChI is InChI=1S/C18H17NO3/c1-2-13-3-6-15(7-4-13)19-10-9-16(20)14-5-8-17-18(11-14)22-12-21-17/h3-11,19H,2,12H2,1H3. The van der Waals surface area contributed by atoms with Crippen molar-refractivity contribution in [1.29, 1.82) is 0 Å². The zero-order chi connectivity index (χ0) is 15.4. The van der Waals surface area contributed by atoms with E-state index in [9.17, 15) is 4.79 Å². The van der Waals surface area contributed by atoms with E-state index >= 15 is 0 Å². The summed E-state index contributed by atoms with van der Waals surface area (Å²) in [6.45, 7) is 2.32. The number of carbonyl (C=O) groups is 1. The second-order valence-electron chi connectivity index (χ2n) is 4.96. The van der Waals surface area contributed by atoms with E-state index in [1.165, 1.54) is 11.6 Å². The first-order valence-corrected chi connectivity index (χ1v) is 7.22. The van der Waals surface area contributed by atoms with Crippen molar-refractivity contribution in [2.24, 2.45) is 0 Å². The van der Waals surface area contributed by atoms with Crippen LogP contribution < -0.4 is 14.8 Å². The molecule has 1 aliphatic rings. The number of nitrogens with one attached hydrogen (secondary N) is 1. The van der Waals surface area contributed by atoms with Crippen LogP contribution in [0.5, 0.6) is 11.5 Å². The smallest absolute Gasteiger partial charge is 0.231 e. The lowest BCUT2D eigenvalue weighted by Gasteiger charge is -2.02. The number of benzene rings is 2. The molecule has 1 N–H and O–H groups in total. The van der Waals surface area contributed by atoms with Crippen molar-refractivity contribution >= 4 is 11.5 Å². The van der Waals surface area contributed by atoms with Crippen molar-refractivity contribution in [3.63, 3.8) is 0 Å². The van der Waals surface area contributed by atoms with Crippen molar-refractivity contribution in [2.75, 3.05) is 12.1 Å². The molecule has 0 saturated heterocycles. The van der Waals surface area contributed by atoms with Crippen molar-refractivity contribution in [3.8, 4) is 11.5 Å². The number of hydrogen-bond acceptors (Lipinski definition) is 4. The highest BCUT2D eigenvalue weighted by Crippen LogP contribution is 2.32. The minimum atomic E-state index is -0.0871. The molecule has 1 aliphatic heterocycles. The summed E-state index contributed by atoms with van der Waals surface area (Å²) in [5.41, 5.74) is 2.81. The number of rotatable bonds is 5. The van der Waals surface area contributed by atoms with Crippen molar-refractivity contribution in [1.82, 2.24) is 0 Å². The van der Waals surface area contributed by atoms with Gasteiger partial charge in [-0.25, -0.2) is 0 Å². The molecule has 0 spiro atoms. The Balaban J connectivity index is 1.63. The number of aryl methyl sites for hydroxylation is 1. The summed E-state index contributed by atoms with van der Waals surface area (Å²) >= 11 is 0. The zero-order valence-electron chi connectivity index (χ0n) is 12.3. The third-order valence-electron chi connectivity index (χ3n) is 3.50. The molecule has 2 aromatic rings.